The summed E-state index contributed by atoms with van der Waals surface area (Å²) >= 11 is 0. The van der Waals surface area contributed by atoms with Gasteiger partial charge in [-0.1, -0.05) is 31.0 Å². The number of rotatable bonds is 5. The molecule has 0 unspecified atom stereocenters. The van der Waals surface area contributed by atoms with Crippen molar-refractivity contribution in [2.45, 2.75) is 44.7 Å². The van der Waals surface area contributed by atoms with E-state index in [4.69, 9.17) is 0 Å². The Morgan fingerprint density at radius 1 is 1.32 bits per heavy atom. The van der Waals surface area contributed by atoms with Gasteiger partial charge in [0, 0.05) is 24.7 Å². The molecule has 3 N–H and O–H groups in total. The molecule has 1 aliphatic carbocycles. The van der Waals surface area contributed by atoms with Gasteiger partial charge in [0.25, 0.3) is 0 Å². The van der Waals surface area contributed by atoms with Crippen molar-refractivity contribution in [1.82, 2.24) is 5.32 Å². The Bertz CT molecular complexity index is 440. The summed E-state index contributed by atoms with van der Waals surface area (Å²) in [7, 11) is 0. The minimum atomic E-state index is -0.136. The molecule has 2 rings (SSSR count). The van der Waals surface area contributed by atoms with Gasteiger partial charge >= 0.3 is 0 Å². The molecule has 1 aliphatic rings. The van der Waals surface area contributed by atoms with Crippen LogP contribution in [0.1, 0.15) is 38.2 Å². The molecule has 19 heavy (non-hydrogen) atoms. The third-order valence-corrected chi connectivity index (χ3v) is 3.85. The lowest BCUT2D eigenvalue weighted by atomic mass is 9.98. The van der Waals surface area contributed by atoms with Crippen LogP contribution >= 0.6 is 0 Å². The summed E-state index contributed by atoms with van der Waals surface area (Å²) in [6.45, 7) is 2.35. The van der Waals surface area contributed by atoms with Gasteiger partial charge in [-0.3, -0.25) is 4.79 Å². The monoisotopic (exact) mass is 262 g/mol. The van der Waals surface area contributed by atoms with Gasteiger partial charge in [0.05, 0.1) is 6.61 Å². The molecule has 104 valence electrons. The number of carbonyl (C=O) groups is 1. The Hall–Kier alpha value is -1.39. The molecule has 1 amide bonds. The Morgan fingerprint density at radius 3 is 2.63 bits per heavy atom. The minimum Gasteiger partial charge on any atom is -0.394 e. The standard InChI is InChI=1S/C15H22N2O2/c1-12(19)17-14-7-3-2-6-13(14)10-16-15(11-18)8-4-5-9-15/h2-3,6-7,16,18H,4-5,8-11H2,1H3,(H,17,19). The molecule has 0 aromatic heterocycles. The first-order chi connectivity index (χ1) is 9.15. The van der Waals surface area contributed by atoms with Crippen LogP contribution in [-0.2, 0) is 11.3 Å². The van der Waals surface area contributed by atoms with E-state index in [1.807, 2.05) is 24.3 Å². The highest BCUT2D eigenvalue weighted by Crippen LogP contribution is 2.29. The van der Waals surface area contributed by atoms with E-state index < -0.39 is 0 Å². The number of hydrogen-bond acceptors (Lipinski definition) is 3. The fourth-order valence-electron chi connectivity index (χ4n) is 2.71. The van der Waals surface area contributed by atoms with Gasteiger partial charge in [-0.25, -0.2) is 0 Å². The largest absolute Gasteiger partial charge is 0.394 e. The first-order valence-corrected chi connectivity index (χ1v) is 6.87. The molecule has 1 fully saturated rings. The zero-order valence-corrected chi connectivity index (χ0v) is 11.4. The zero-order chi connectivity index (χ0) is 13.7. The minimum absolute atomic E-state index is 0.0646. The van der Waals surface area contributed by atoms with E-state index in [0.717, 1.165) is 24.1 Å². The third kappa shape index (κ3) is 3.55. The summed E-state index contributed by atoms with van der Waals surface area (Å²) in [6, 6.07) is 7.77. The topological polar surface area (TPSA) is 61.4 Å². The smallest absolute Gasteiger partial charge is 0.221 e. The van der Waals surface area contributed by atoms with Gasteiger partial charge in [0.2, 0.25) is 5.91 Å². The molecule has 4 heteroatoms. The van der Waals surface area contributed by atoms with Crippen LogP contribution in [0.4, 0.5) is 5.69 Å². The maximum atomic E-state index is 11.2. The van der Waals surface area contributed by atoms with Gasteiger partial charge < -0.3 is 15.7 Å². The number of nitrogens with one attached hydrogen (secondary N) is 2. The SMILES string of the molecule is CC(=O)Nc1ccccc1CNC1(CO)CCCC1. The highest BCUT2D eigenvalue weighted by atomic mass is 16.3. The number of aliphatic hydroxyl groups is 1. The van der Waals surface area contributed by atoms with Crippen molar-refractivity contribution in [3.63, 3.8) is 0 Å². The first-order valence-electron chi connectivity index (χ1n) is 6.87. The number of hydrogen-bond donors (Lipinski definition) is 3. The van der Waals surface area contributed by atoms with Crippen molar-refractivity contribution in [1.29, 1.82) is 0 Å². The molecule has 0 aliphatic heterocycles. The van der Waals surface area contributed by atoms with Crippen LogP contribution in [0.2, 0.25) is 0 Å². The molecular weight excluding hydrogens is 240 g/mol. The summed E-state index contributed by atoms with van der Waals surface area (Å²) in [4.78, 5) is 11.2. The van der Waals surface area contributed by atoms with E-state index in [2.05, 4.69) is 10.6 Å². The summed E-state index contributed by atoms with van der Waals surface area (Å²) in [5, 5.41) is 15.9. The highest BCUT2D eigenvalue weighted by molar-refractivity contribution is 5.89. The van der Waals surface area contributed by atoms with Crippen molar-refractivity contribution in [2.24, 2.45) is 0 Å². The molecule has 1 aromatic rings. The van der Waals surface area contributed by atoms with Gasteiger partial charge in [-0.15, -0.1) is 0 Å². The molecule has 0 spiro atoms. The zero-order valence-electron chi connectivity index (χ0n) is 11.4. The number of benzene rings is 1. The number of aliphatic hydroxyl groups excluding tert-OH is 1. The van der Waals surface area contributed by atoms with E-state index >= 15 is 0 Å². The Balaban J connectivity index is 2.04. The average molecular weight is 262 g/mol. The van der Waals surface area contributed by atoms with Crippen LogP contribution < -0.4 is 10.6 Å². The van der Waals surface area contributed by atoms with E-state index in [-0.39, 0.29) is 18.1 Å². The second-order valence-electron chi connectivity index (χ2n) is 5.34. The van der Waals surface area contributed by atoms with E-state index in [9.17, 15) is 9.90 Å². The lowest BCUT2D eigenvalue weighted by molar-refractivity contribution is -0.114. The maximum absolute atomic E-state index is 11.2. The fraction of sp³-hybridized carbons (Fsp3) is 0.533. The van der Waals surface area contributed by atoms with Gasteiger partial charge in [-0.05, 0) is 24.5 Å². The summed E-state index contributed by atoms with van der Waals surface area (Å²) in [6.07, 6.45) is 4.37. The predicted octanol–water partition coefficient (Wildman–Crippen LogP) is 2.04. The number of amides is 1. The van der Waals surface area contributed by atoms with E-state index in [1.165, 1.54) is 19.8 Å². The molecular formula is C15H22N2O2. The maximum Gasteiger partial charge on any atom is 0.221 e. The van der Waals surface area contributed by atoms with Gasteiger partial charge in [0.1, 0.15) is 0 Å². The Labute approximate surface area is 114 Å². The van der Waals surface area contributed by atoms with Crippen LogP contribution in [0.15, 0.2) is 24.3 Å². The van der Waals surface area contributed by atoms with Crippen LogP contribution in [0.5, 0.6) is 0 Å². The lowest BCUT2D eigenvalue weighted by Gasteiger charge is -2.28. The van der Waals surface area contributed by atoms with Crippen LogP contribution in [0, 0.1) is 0 Å². The predicted molar refractivity (Wildman–Crippen MR) is 75.9 cm³/mol. The number of para-hydroxylation sites is 1. The Kier molecular flexibility index (Phi) is 4.56. The molecule has 4 nitrogen and oxygen atoms in total. The molecule has 0 atom stereocenters. The van der Waals surface area contributed by atoms with Gasteiger partial charge in [0.15, 0.2) is 0 Å². The summed E-state index contributed by atoms with van der Waals surface area (Å²) in [5.41, 5.74) is 1.76. The highest BCUT2D eigenvalue weighted by Gasteiger charge is 2.32. The fourth-order valence-corrected chi connectivity index (χ4v) is 2.71. The molecule has 0 bridgehead atoms. The third-order valence-electron chi connectivity index (χ3n) is 3.85. The van der Waals surface area contributed by atoms with Crippen LogP contribution in [-0.4, -0.2) is 23.2 Å². The van der Waals surface area contributed by atoms with Gasteiger partial charge in [-0.2, -0.15) is 0 Å². The summed E-state index contributed by atoms with van der Waals surface area (Å²) < 4.78 is 0. The molecule has 1 saturated carbocycles. The van der Waals surface area contributed by atoms with Crippen molar-refractivity contribution in [2.75, 3.05) is 11.9 Å². The molecule has 0 heterocycles. The number of carbonyl (C=O) groups excluding carboxylic acids is 1. The average Bonchev–Trinajstić information content (AvgIpc) is 2.87. The first kappa shape index (κ1) is 14.0. The molecule has 0 saturated heterocycles. The second-order valence-corrected chi connectivity index (χ2v) is 5.34. The second kappa shape index (κ2) is 6.17. The van der Waals surface area contributed by atoms with Crippen LogP contribution in [0.3, 0.4) is 0 Å². The number of anilines is 1. The van der Waals surface area contributed by atoms with Crippen molar-refractivity contribution >= 4 is 11.6 Å². The van der Waals surface area contributed by atoms with Crippen molar-refractivity contribution in [3.8, 4) is 0 Å². The van der Waals surface area contributed by atoms with E-state index in [0.29, 0.717) is 6.54 Å². The van der Waals surface area contributed by atoms with Crippen LogP contribution in [0.25, 0.3) is 0 Å². The summed E-state index contributed by atoms with van der Waals surface area (Å²) in [5.74, 6) is -0.0646. The normalized spacial score (nSPS) is 17.4. The molecule has 1 aromatic carbocycles. The molecule has 0 radical (unpaired) electrons. The quantitative estimate of drug-likeness (QED) is 0.761. The Morgan fingerprint density at radius 2 is 2.00 bits per heavy atom. The lowest BCUT2D eigenvalue weighted by Crippen LogP contribution is -2.45. The van der Waals surface area contributed by atoms with E-state index in [1.54, 1.807) is 0 Å². The van der Waals surface area contributed by atoms with Crippen molar-refractivity contribution in [3.05, 3.63) is 29.8 Å². The van der Waals surface area contributed by atoms with Crippen molar-refractivity contribution < 1.29 is 9.90 Å².